The Kier molecular flexibility index (Phi) is 8.10. The molecule has 0 saturated heterocycles. The highest BCUT2D eigenvalue weighted by molar-refractivity contribution is 6.11. The molecule has 0 aliphatic carbocycles. The Morgan fingerprint density at radius 3 is 1.20 bits per heavy atom. The van der Waals surface area contributed by atoms with Crippen LogP contribution in [0.1, 0.15) is 0 Å². The Bertz CT molecular complexity index is 3520. The summed E-state index contributed by atoms with van der Waals surface area (Å²) < 4.78 is 11.2. The van der Waals surface area contributed by atoms with Gasteiger partial charge in [0, 0.05) is 44.0 Å². The van der Waals surface area contributed by atoms with Gasteiger partial charge in [-0.25, -0.2) is 0 Å². The van der Waals surface area contributed by atoms with E-state index in [0.29, 0.717) is 11.8 Å². The summed E-state index contributed by atoms with van der Waals surface area (Å²) in [5, 5.41) is 13.8. The Labute approximate surface area is 352 Å². The fraction of sp³-hybridized carbons (Fsp3) is 0. The van der Waals surface area contributed by atoms with Crippen molar-refractivity contribution in [3.63, 3.8) is 0 Å². The lowest BCUT2D eigenvalue weighted by Crippen LogP contribution is -1.96. The first-order chi connectivity index (χ1) is 30.2. The topological polar surface area (TPSA) is 48.8 Å². The van der Waals surface area contributed by atoms with E-state index < -0.39 is 0 Å². The zero-order chi connectivity index (χ0) is 40.3. The molecule has 3 aromatic heterocycles. The Hall–Kier alpha value is -8.28. The van der Waals surface area contributed by atoms with Gasteiger partial charge in [0.25, 0.3) is 0 Å². The summed E-state index contributed by atoms with van der Waals surface area (Å²) in [6.07, 6.45) is 0. The molecule has 0 spiro atoms. The van der Waals surface area contributed by atoms with Gasteiger partial charge in [0.05, 0.1) is 22.1 Å². The van der Waals surface area contributed by atoms with Gasteiger partial charge in [-0.2, -0.15) is 0 Å². The summed E-state index contributed by atoms with van der Waals surface area (Å²) in [5.74, 6) is 0.958. The first-order valence-electron chi connectivity index (χ1n) is 20.6. The summed E-state index contributed by atoms with van der Waals surface area (Å²) in [5.41, 5.74) is 15.5. The molecule has 9 aromatic carbocycles. The van der Waals surface area contributed by atoms with Crippen LogP contribution in [0.15, 0.2) is 223 Å². The number of nitrogens with zero attached hydrogens (tertiary/aromatic N) is 4. The molecule has 0 radical (unpaired) electrons. The molecule has 0 aliphatic heterocycles. The second-order valence-corrected chi connectivity index (χ2v) is 15.5. The summed E-state index contributed by atoms with van der Waals surface area (Å²) in [7, 11) is 0. The van der Waals surface area contributed by atoms with Crippen molar-refractivity contribution in [1.29, 1.82) is 0 Å². The van der Waals surface area contributed by atoms with Crippen LogP contribution in [0.4, 0.5) is 0 Å². The summed E-state index contributed by atoms with van der Waals surface area (Å²) in [4.78, 5) is 0. The predicted molar refractivity (Wildman–Crippen MR) is 250 cm³/mol. The minimum Gasteiger partial charge on any atom is -0.416 e. The van der Waals surface area contributed by atoms with Crippen LogP contribution in [0.5, 0.6) is 0 Å². The highest BCUT2D eigenvalue weighted by Crippen LogP contribution is 2.39. The molecule has 0 amide bonds. The van der Waals surface area contributed by atoms with Crippen LogP contribution in [0.3, 0.4) is 0 Å². The highest BCUT2D eigenvalue weighted by atomic mass is 16.4. The van der Waals surface area contributed by atoms with Crippen molar-refractivity contribution in [2.24, 2.45) is 0 Å². The molecule has 61 heavy (non-hydrogen) atoms. The third-order valence-electron chi connectivity index (χ3n) is 11.9. The predicted octanol–water partition coefficient (Wildman–Crippen LogP) is 14.6. The first-order valence-corrected chi connectivity index (χ1v) is 20.6. The molecule has 3 heterocycles. The molecule has 0 N–H and O–H groups in total. The quantitative estimate of drug-likeness (QED) is 0.162. The van der Waals surface area contributed by atoms with Crippen LogP contribution >= 0.6 is 0 Å². The maximum atomic E-state index is 6.52. The minimum absolute atomic E-state index is 0.478. The van der Waals surface area contributed by atoms with Crippen LogP contribution in [0, 0.1) is 0 Å². The van der Waals surface area contributed by atoms with Gasteiger partial charge in [-0.3, -0.25) is 0 Å². The number of hydrogen-bond donors (Lipinski definition) is 0. The van der Waals surface area contributed by atoms with Gasteiger partial charge in [-0.05, 0) is 112 Å². The van der Waals surface area contributed by atoms with Gasteiger partial charge in [-0.15, -0.1) is 10.2 Å². The molecule has 5 heteroatoms. The van der Waals surface area contributed by atoms with E-state index in [9.17, 15) is 0 Å². The largest absolute Gasteiger partial charge is 0.416 e. The molecule has 0 fully saturated rings. The Morgan fingerprint density at radius 1 is 0.262 bits per heavy atom. The van der Waals surface area contributed by atoms with E-state index in [4.69, 9.17) is 4.42 Å². The van der Waals surface area contributed by atoms with Crippen LogP contribution in [0.2, 0.25) is 0 Å². The molecule has 0 atom stereocenters. The number of rotatable bonds is 7. The third-order valence-corrected chi connectivity index (χ3v) is 11.9. The number of benzene rings is 9. The van der Waals surface area contributed by atoms with Gasteiger partial charge in [0.15, 0.2) is 0 Å². The molecule has 12 rings (SSSR count). The average molecular weight is 781 g/mol. The number of aromatic nitrogens is 4. The van der Waals surface area contributed by atoms with E-state index in [-0.39, 0.29) is 0 Å². The molecule has 0 unspecified atom stereocenters. The molecule has 286 valence electrons. The van der Waals surface area contributed by atoms with E-state index >= 15 is 0 Å². The molecule has 0 saturated carbocycles. The van der Waals surface area contributed by atoms with Crippen molar-refractivity contribution in [1.82, 2.24) is 19.3 Å². The van der Waals surface area contributed by atoms with Gasteiger partial charge in [-0.1, -0.05) is 140 Å². The standard InChI is InChI=1S/C56H36N4O/c1-4-15-37(16-5-1)40-21-14-22-45(32-40)59-51-25-12-10-23-47(51)49-35-41(27-29-53(49)59)55-57-58-56(61-55)42-28-30-54-50(36-42)48-24-11-13-26-52(48)60(54)46-33-43(38-17-6-2-7-18-38)31-44(34-46)39-19-8-3-9-20-39/h1-36H. The zero-order valence-corrected chi connectivity index (χ0v) is 33.0. The average Bonchev–Trinajstić information content (AvgIpc) is 4.05. The summed E-state index contributed by atoms with van der Waals surface area (Å²) in [6.45, 7) is 0. The maximum absolute atomic E-state index is 6.52. The fourth-order valence-electron chi connectivity index (χ4n) is 9.01. The lowest BCUT2D eigenvalue weighted by molar-refractivity contribution is 0.585. The second kappa shape index (κ2) is 14.2. The lowest BCUT2D eigenvalue weighted by Gasteiger charge is -2.14. The summed E-state index contributed by atoms with van der Waals surface area (Å²) in [6, 6.07) is 77.4. The van der Waals surface area contributed by atoms with Crippen molar-refractivity contribution >= 4 is 43.6 Å². The van der Waals surface area contributed by atoms with Crippen LogP contribution in [0.25, 0.3) is 111 Å². The smallest absolute Gasteiger partial charge is 0.248 e. The molecular formula is C56H36N4O. The fourth-order valence-corrected chi connectivity index (χ4v) is 9.01. The molecule has 0 bridgehead atoms. The van der Waals surface area contributed by atoms with E-state index in [1.165, 1.54) is 22.3 Å². The van der Waals surface area contributed by atoms with Gasteiger partial charge < -0.3 is 13.6 Å². The molecule has 0 aliphatic rings. The van der Waals surface area contributed by atoms with Crippen LogP contribution in [-0.4, -0.2) is 19.3 Å². The van der Waals surface area contributed by atoms with Crippen LogP contribution in [-0.2, 0) is 0 Å². The molecular weight excluding hydrogens is 745 g/mol. The van der Waals surface area contributed by atoms with E-state index in [1.807, 2.05) is 0 Å². The second-order valence-electron chi connectivity index (χ2n) is 15.5. The Morgan fingerprint density at radius 2 is 0.672 bits per heavy atom. The van der Waals surface area contributed by atoms with Crippen molar-refractivity contribution in [3.05, 3.63) is 218 Å². The van der Waals surface area contributed by atoms with Gasteiger partial charge in [0.1, 0.15) is 0 Å². The molecule has 5 nitrogen and oxygen atoms in total. The van der Waals surface area contributed by atoms with Crippen molar-refractivity contribution in [2.45, 2.75) is 0 Å². The highest BCUT2D eigenvalue weighted by Gasteiger charge is 2.19. The first kappa shape index (κ1) is 34.7. The van der Waals surface area contributed by atoms with Crippen molar-refractivity contribution < 1.29 is 4.42 Å². The van der Waals surface area contributed by atoms with Gasteiger partial charge >= 0.3 is 0 Å². The monoisotopic (exact) mass is 780 g/mol. The third kappa shape index (κ3) is 5.94. The SMILES string of the molecule is c1ccc(-c2cccc(-n3c4ccccc4c4cc(-c5nnc(-c6ccc7c(c6)c6ccccc6n7-c6cc(-c7ccccc7)cc(-c7ccccc7)c6)o5)ccc43)c2)cc1. The van der Waals surface area contributed by atoms with E-state index in [1.54, 1.807) is 0 Å². The minimum atomic E-state index is 0.478. The number of fused-ring (bicyclic) bond motifs is 6. The number of hydrogen-bond acceptors (Lipinski definition) is 3. The normalized spacial score (nSPS) is 11.6. The van der Waals surface area contributed by atoms with E-state index in [2.05, 4.69) is 238 Å². The zero-order valence-electron chi connectivity index (χ0n) is 33.0. The van der Waals surface area contributed by atoms with Crippen molar-refractivity contribution in [2.75, 3.05) is 0 Å². The van der Waals surface area contributed by atoms with E-state index in [0.717, 1.165) is 77.2 Å². The lowest BCUT2D eigenvalue weighted by atomic mass is 9.98. The number of para-hydroxylation sites is 2. The van der Waals surface area contributed by atoms with Crippen LogP contribution < -0.4 is 0 Å². The maximum Gasteiger partial charge on any atom is 0.248 e. The summed E-state index contributed by atoms with van der Waals surface area (Å²) >= 11 is 0. The van der Waals surface area contributed by atoms with Crippen molar-refractivity contribution in [3.8, 4) is 67.7 Å². The molecule has 12 aromatic rings. The van der Waals surface area contributed by atoms with Gasteiger partial charge in [0.2, 0.25) is 11.8 Å². The Balaban J connectivity index is 0.946.